The third kappa shape index (κ3) is 6.86. The maximum absolute atomic E-state index is 12.5. The minimum atomic E-state index is -1.17. The standard InChI is InChI=1S/C28H32N2O5/c1-4-9-25(27(32)33)30-26(31)15-19(14-18(2)3)16-29-28(34)35-17-24-22-12-7-5-10-20(22)21-11-6-8-13-23(21)24/h1,5-8,10-13,18-19,24-25H,9,14-17H2,2-3H3,(H,29,34)(H,30,31)(H,32,33)/t19-,25?/m0/s1. The van der Waals surface area contributed by atoms with Crippen molar-refractivity contribution in [3.8, 4) is 23.5 Å². The fraction of sp³-hybridized carbons (Fsp3) is 0.393. The van der Waals surface area contributed by atoms with Gasteiger partial charge in [-0.25, -0.2) is 9.59 Å². The molecule has 1 aliphatic carbocycles. The van der Waals surface area contributed by atoms with Crippen molar-refractivity contribution in [2.75, 3.05) is 13.2 Å². The van der Waals surface area contributed by atoms with Gasteiger partial charge in [0.05, 0.1) is 0 Å². The highest BCUT2D eigenvalue weighted by Crippen LogP contribution is 2.44. The fourth-order valence-corrected chi connectivity index (χ4v) is 4.62. The molecule has 0 radical (unpaired) electrons. The van der Waals surface area contributed by atoms with Crippen LogP contribution in [0.3, 0.4) is 0 Å². The van der Waals surface area contributed by atoms with Crippen LogP contribution in [0.1, 0.15) is 50.2 Å². The van der Waals surface area contributed by atoms with E-state index in [4.69, 9.17) is 11.2 Å². The third-order valence-corrected chi connectivity index (χ3v) is 6.11. The molecule has 2 atom stereocenters. The maximum atomic E-state index is 12.5. The molecule has 7 heteroatoms. The maximum Gasteiger partial charge on any atom is 0.407 e. The SMILES string of the molecule is C#CCC(NC(=O)C[C@@H](CNC(=O)OCC1c2ccccc2-c2ccccc21)CC(C)C)C(=O)O. The van der Waals surface area contributed by atoms with Gasteiger partial charge in [-0.1, -0.05) is 62.4 Å². The number of terminal acetylenes is 1. The number of ether oxygens (including phenoxy) is 1. The summed E-state index contributed by atoms with van der Waals surface area (Å²) in [7, 11) is 0. The molecule has 0 aliphatic heterocycles. The van der Waals surface area contributed by atoms with Gasteiger partial charge in [0.2, 0.25) is 5.91 Å². The van der Waals surface area contributed by atoms with Crippen molar-refractivity contribution in [2.24, 2.45) is 11.8 Å². The molecule has 0 saturated carbocycles. The number of amides is 2. The molecule has 2 amide bonds. The van der Waals surface area contributed by atoms with Crippen LogP contribution in [-0.2, 0) is 14.3 Å². The Balaban J connectivity index is 1.55. The van der Waals surface area contributed by atoms with E-state index in [0.717, 1.165) is 22.3 Å². The van der Waals surface area contributed by atoms with E-state index in [1.54, 1.807) is 0 Å². The summed E-state index contributed by atoms with van der Waals surface area (Å²) in [6.45, 7) is 4.50. The van der Waals surface area contributed by atoms with Gasteiger partial charge in [-0.2, -0.15) is 0 Å². The van der Waals surface area contributed by atoms with Crippen molar-refractivity contribution in [3.63, 3.8) is 0 Å². The van der Waals surface area contributed by atoms with E-state index in [9.17, 15) is 19.5 Å². The molecule has 2 aromatic rings. The molecule has 7 nitrogen and oxygen atoms in total. The van der Waals surface area contributed by atoms with Crippen molar-refractivity contribution < 1.29 is 24.2 Å². The van der Waals surface area contributed by atoms with Gasteiger partial charge < -0.3 is 20.5 Å². The van der Waals surface area contributed by atoms with E-state index in [2.05, 4.69) is 40.8 Å². The lowest BCUT2D eigenvalue weighted by Crippen LogP contribution is -2.42. The molecule has 0 spiro atoms. The number of hydrogen-bond donors (Lipinski definition) is 3. The quantitative estimate of drug-likeness (QED) is 0.422. The Morgan fingerprint density at radius 3 is 2.20 bits per heavy atom. The normalized spacial score (nSPS) is 13.8. The van der Waals surface area contributed by atoms with E-state index < -0.39 is 24.0 Å². The Morgan fingerprint density at radius 1 is 1.06 bits per heavy atom. The van der Waals surface area contributed by atoms with Crippen LogP contribution in [-0.4, -0.2) is 42.3 Å². The molecule has 0 aromatic heterocycles. The van der Waals surface area contributed by atoms with Crippen LogP contribution >= 0.6 is 0 Å². The van der Waals surface area contributed by atoms with Gasteiger partial charge in [0.15, 0.2) is 0 Å². The first-order valence-electron chi connectivity index (χ1n) is 11.8. The Labute approximate surface area is 206 Å². The molecule has 35 heavy (non-hydrogen) atoms. The second-order valence-electron chi connectivity index (χ2n) is 9.27. The van der Waals surface area contributed by atoms with Crippen LogP contribution in [0.4, 0.5) is 4.79 Å². The van der Waals surface area contributed by atoms with Gasteiger partial charge in [-0.05, 0) is 40.5 Å². The van der Waals surface area contributed by atoms with Crippen LogP contribution < -0.4 is 10.6 Å². The highest BCUT2D eigenvalue weighted by molar-refractivity contribution is 5.84. The fourth-order valence-electron chi connectivity index (χ4n) is 4.62. The topological polar surface area (TPSA) is 105 Å². The summed E-state index contributed by atoms with van der Waals surface area (Å²) < 4.78 is 5.58. The molecule has 3 N–H and O–H groups in total. The summed E-state index contributed by atoms with van der Waals surface area (Å²) in [6.07, 6.45) is 5.32. The molecule has 0 heterocycles. The highest BCUT2D eigenvalue weighted by atomic mass is 16.5. The number of hydrogen-bond acceptors (Lipinski definition) is 4. The number of carboxylic acids is 1. The predicted molar refractivity (Wildman–Crippen MR) is 134 cm³/mol. The Bertz CT molecular complexity index is 1060. The zero-order valence-electron chi connectivity index (χ0n) is 20.1. The second kappa shape index (κ2) is 12.1. The van der Waals surface area contributed by atoms with Crippen molar-refractivity contribution in [3.05, 3.63) is 59.7 Å². The number of carbonyl (C=O) groups excluding carboxylic acids is 2. The minimum absolute atomic E-state index is 0.0329. The van der Waals surface area contributed by atoms with E-state index in [1.807, 2.05) is 38.1 Å². The number of rotatable bonds is 11. The first-order valence-corrected chi connectivity index (χ1v) is 11.8. The van der Waals surface area contributed by atoms with Gasteiger partial charge in [0.25, 0.3) is 0 Å². The lowest BCUT2D eigenvalue weighted by atomic mass is 9.93. The van der Waals surface area contributed by atoms with Gasteiger partial charge >= 0.3 is 12.1 Å². The van der Waals surface area contributed by atoms with Crippen molar-refractivity contribution in [2.45, 2.75) is 45.1 Å². The first-order chi connectivity index (χ1) is 16.8. The lowest BCUT2D eigenvalue weighted by Gasteiger charge is -2.21. The Kier molecular flexibility index (Phi) is 8.91. The van der Waals surface area contributed by atoms with E-state index in [1.165, 1.54) is 0 Å². The zero-order valence-corrected chi connectivity index (χ0v) is 20.1. The molecule has 184 valence electrons. The number of nitrogens with one attached hydrogen (secondary N) is 2. The van der Waals surface area contributed by atoms with Crippen molar-refractivity contribution in [1.29, 1.82) is 0 Å². The number of benzene rings is 2. The van der Waals surface area contributed by atoms with Crippen molar-refractivity contribution in [1.82, 2.24) is 10.6 Å². The average molecular weight is 477 g/mol. The molecule has 2 aromatic carbocycles. The van der Waals surface area contributed by atoms with Crippen LogP contribution in [0.5, 0.6) is 0 Å². The second-order valence-corrected chi connectivity index (χ2v) is 9.27. The van der Waals surface area contributed by atoms with E-state index in [0.29, 0.717) is 6.42 Å². The number of alkyl carbamates (subject to hydrolysis) is 1. The van der Waals surface area contributed by atoms with Gasteiger partial charge in [0, 0.05) is 25.3 Å². The first kappa shape index (κ1) is 25.8. The number of fused-ring (bicyclic) bond motifs is 3. The van der Waals surface area contributed by atoms with E-state index >= 15 is 0 Å². The largest absolute Gasteiger partial charge is 0.480 e. The number of aliphatic carboxylic acids is 1. The number of carbonyl (C=O) groups is 3. The summed E-state index contributed by atoms with van der Waals surface area (Å²) in [5.74, 6) is 0.765. The van der Waals surface area contributed by atoms with Crippen LogP contribution in [0, 0.1) is 24.2 Å². The number of carboxylic acid groups (broad SMARTS) is 1. The Morgan fingerprint density at radius 2 is 1.66 bits per heavy atom. The molecular weight excluding hydrogens is 444 g/mol. The van der Waals surface area contributed by atoms with Crippen molar-refractivity contribution >= 4 is 18.0 Å². The molecular formula is C28H32N2O5. The summed E-state index contributed by atoms with van der Waals surface area (Å²) >= 11 is 0. The predicted octanol–water partition coefficient (Wildman–Crippen LogP) is 4.17. The summed E-state index contributed by atoms with van der Waals surface area (Å²) in [5, 5.41) is 14.4. The molecule has 1 aliphatic rings. The monoisotopic (exact) mass is 476 g/mol. The lowest BCUT2D eigenvalue weighted by molar-refractivity contribution is -0.141. The van der Waals surface area contributed by atoms with Crippen LogP contribution in [0.15, 0.2) is 48.5 Å². The van der Waals surface area contributed by atoms with Gasteiger partial charge in [-0.15, -0.1) is 12.3 Å². The Hall–Kier alpha value is -3.79. The minimum Gasteiger partial charge on any atom is -0.480 e. The van der Waals surface area contributed by atoms with Crippen LogP contribution in [0.2, 0.25) is 0 Å². The molecule has 3 rings (SSSR count). The summed E-state index contributed by atoms with van der Waals surface area (Å²) in [4.78, 5) is 36.2. The highest BCUT2D eigenvalue weighted by Gasteiger charge is 2.29. The van der Waals surface area contributed by atoms with Crippen LogP contribution in [0.25, 0.3) is 11.1 Å². The molecule has 0 bridgehead atoms. The molecule has 1 unspecified atom stereocenters. The summed E-state index contributed by atoms with van der Waals surface area (Å²) in [5.41, 5.74) is 4.58. The average Bonchev–Trinajstić information content (AvgIpc) is 3.14. The smallest absolute Gasteiger partial charge is 0.407 e. The summed E-state index contributed by atoms with van der Waals surface area (Å²) in [6, 6.07) is 15.1. The zero-order chi connectivity index (χ0) is 25.4. The third-order valence-electron chi connectivity index (χ3n) is 6.11. The van der Waals surface area contributed by atoms with E-state index in [-0.39, 0.29) is 43.7 Å². The van der Waals surface area contributed by atoms with Gasteiger partial charge in [0.1, 0.15) is 12.6 Å². The molecule has 0 saturated heterocycles. The van der Waals surface area contributed by atoms with Gasteiger partial charge in [-0.3, -0.25) is 4.79 Å². The molecule has 0 fully saturated rings.